The number of hydrogen-bond acceptors (Lipinski definition) is 3. The number of furan rings is 1. The van der Waals surface area contributed by atoms with Gasteiger partial charge in [-0.1, -0.05) is 12.1 Å². The molecule has 2 heterocycles. The number of halogens is 3. The number of hydrogen-bond donors (Lipinski definition) is 1. The molecule has 3 rings (SSSR count). The lowest BCUT2D eigenvalue weighted by Crippen LogP contribution is -2.31. The number of rotatable bonds is 2. The Bertz CT molecular complexity index is 697. The van der Waals surface area contributed by atoms with E-state index >= 15 is 0 Å². The fourth-order valence-electron chi connectivity index (χ4n) is 2.83. The van der Waals surface area contributed by atoms with Crippen LogP contribution >= 0.6 is 0 Å². The van der Waals surface area contributed by atoms with Crippen molar-refractivity contribution in [3.05, 3.63) is 59.5 Å². The number of aliphatic hydroxyl groups excluding tert-OH is 1. The summed E-state index contributed by atoms with van der Waals surface area (Å²) in [5, 5.41) is 9.87. The molecule has 1 aliphatic heterocycles. The van der Waals surface area contributed by atoms with Crippen molar-refractivity contribution in [3.8, 4) is 0 Å². The highest BCUT2D eigenvalue weighted by Crippen LogP contribution is 2.36. The number of likely N-dealkylation sites (tertiary alicyclic amines) is 1. The molecule has 2 atom stereocenters. The molecular formula is C16H14F3NO3. The summed E-state index contributed by atoms with van der Waals surface area (Å²) >= 11 is 0. The summed E-state index contributed by atoms with van der Waals surface area (Å²) in [6.07, 6.45) is -2.40. The first-order valence-electron chi connectivity index (χ1n) is 7.04. The second-order valence-corrected chi connectivity index (χ2v) is 5.50. The van der Waals surface area contributed by atoms with Crippen LogP contribution in [0.25, 0.3) is 0 Å². The third-order valence-electron chi connectivity index (χ3n) is 3.91. The molecule has 1 N–H and O–H groups in total. The van der Waals surface area contributed by atoms with Crippen molar-refractivity contribution in [1.82, 2.24) is 4.90 Å². The summed E-state index contributed by atoms with van der Waals surface area (Å²) in [6, 6.07) is 5.73. The third kappa shape index (κ3) is 3.10. The lowest BCUT2D eigenvalue weighted by Gasteiger charge is -2.24. The van der Waals surface area contributed by atoms with Crippen LogP contribution in [0.3, 0.4) is 0 Å². The van der Waals surface area contributed by atoms with Crippen molar-refractivity contribution in [2.24, 2.45) is 0 Å². The number of β-amino-alcohol motifs (C(OH)–C–C–N with tert-alkyl or cyclic N) is 1. The molecule has 0 spiro atoms. The van der Waals surface area contributed by atoms with E-state index in [9.17, 15) is 23.1 Å². The molecule has 23 heavy (non-hydrogen) atoms. The van der Waals surface area contributed by atoms with Gasteiger partial charge in [-0.25, -0.2) is 0 Å². The maximum Gasteiger partial charge on any atom is 0.416 e. The molecule has 1 amide bonds. The minimum Gasteiger partial charge on any atom is -0.472 e. The summed E-state index contributed by atoms with van der Waals surface area (Å²) in [7, 11) is 0. The number of benzene rings is 1. The highest BCUT2D eigenvalue weighted by Gasteiger charge is 2.37. The largest absolute Gasteiger partial charge is 0.472 e. The fraction of sp³-hybridized carbons (Fsp3) is 0.312. The second kappa shape index (κ2) is 5.73. The zero-order chi connectivity index (χ0) is 16.6. The Morgan fingerprint density at radius 3 is 2.74 bits per heavy atom. The van der Waals surface area contributed by atoms with E-state index < -0.39 is 23.9 Å². The molecule has 0 radical (unpaired) electrons. The Balaban J connectivity index is 1.92. The quantitative estimate of drug-likeness (QED) is 0.922. The summed E-state index contributed by atoms with van der Waals surface area (Å²) in [5.74, 6) is -0.377. The molecule has 1 saturated heterocycles. The standard InChI is InChI=1S/C16H14F3NO3/c17-16(18,19)12-3-1-2-10(6-12)14-7-13(21)8-20(14)15(22)11-4-5-23-9-11/h1-6,9,13-14,21H,7-8H2/t13-,14+/m1/s1. The van der Waals surface area contributed by atoms with Crippen molar-refractivity contribution in [3.63, 3.8) is 0 Å². The smallest absolute Gasteiger partial charge is 0.416 e. The normalized spacial score (nSPS) is 21.7. The van der Waals surface area contributed by atoms with E-state index in [4.69, 9.17) is 4.42 Å². The molecule has 2 aromatic rings. The van der Waals surface area contributed by atoms with Gasteiger partial charge in [0.1, 0.15) is 6.26 Å². The van der Waals surface area contributed by atoms with E-state index in [1.807, 2.05) is 0 Å². The Kier molecular flexibility index (Phi) is 3.89. The zero-order valence-corrected chi connectivity index (χ0v) is 12.0. The van der Waals surface area contributed by atoms with Crippen LogP contribution < -0.4 is 0 Å². The van der Waals surface area contributed by atoms with Gasteiger partial charge in [0, 0.05) is 6.54 Å². The van der Waals surface area contributed by atoms with E-state index in [0.29, 0.717) is 11.1 Å². The highest BCUT2D eigenvalue weighted by atomic mass is 19.4. The maximum atomic E-state index is 12.9. The molecule has 0 unspecified atom stereocenters. The Labute approximate surface area is 130 Å². The predicted molar refractivity (Wildman–Crippen MR) is 74.6 cm³/mol. The topological polar surface area (TPSA) is 53.7 Å². The summed E-state index contributed by atoms with van der Waals surface area (Å²) in [4.78, 5) is 13.8. The fourth-order valence-corrected chi connectivity index (χ4v) is 2.83. The van der Waals surface area contributed by atoms with Crippen LogP contribution in [0, 0.1) is 0 Å². The van der Waals surface area contributed by atoms with Crippen molar-refractivity contribution < 1.29 is 27.5 Å². The molecular weight excluding hydrogens is 311 g/mol. The van der Waals surface area contributed by atoms with Gasteiger partial charge in [-0.3, -0.25) is 4.79 Å². The number of nitrogens with zero attached hydrogens (tertiary/aromatic N) is 1. The van der Waals surface area contributed by atoms with Crippen LogP contribution in [0.2, 0.25) is 0 Å². The molecule has 7 heteroatoms. The summed E-state index contributed by atoms with van der Waals surface area (Å²) < 4.78 is 43.5. The van der Waals surface area contributed by atoms with E-state index in [1.54, 1.807) is 0 Å². The molecule has 4 nitrogen and oxygen atoms in total. The van der Waals surface area contributed by atoms with Gasteiger partial charge < -0.3 is 14.4 Å². The van der Waals surface area contributed by atoms with Gasteiger partial charge in [-0.05, 0) is 30.2 Å². The molecule has 0 bridgehead atoms. The first-order chi connectivity index (χ1) is 10.9. The van der Waals surface area contributed by atoms with Crippen LogP contribution in [-0.2, 0) is 6.18 Å². The van der Waals surface area contributed by atoms with Gasteiger partial charge in [0.25, 0.3) is 5.91 Å². The lowest BCUT2D eigenvalue weighted by atomic mass is 10.0. The molecule has 0 aliphatic carbocycles. The van der Waals surface area contributed by atoms with Gasteiger partial charge in [0.15, 0.2) is 0 Å². The first-order valence-corrected chi connectivity index (χ1v) is 7.04. The highest BCUT2D eigenvalue weighted by molar-refractivity contribution is 5.94. The SMILES string of the molecule is O=C(c1ccoc1)N1C[C@H](O)C[C@H]1c1cccc(C(F)(F)F)c1. The van der Waals surface area contributed by atoms with Crippen LogP contribution in [0.15, 0.2) is 47.3 Å². The number of aliphatic hydroxyl groups is 1. The number of carbonyl (C=O) groups is 1. The second-order valence-electron chi connectivity index (χ2n) is 5.50. The number of carbonyl (C=O) groups excluding carboxylic acids is 1. The minimum absolute atomic E-state index is 0.0743. The molecule has 1 aliphatic rings. The zero-order valence-electron chi connectivity index (χ0n) is 12.0. The molecule has 1 aromatic carbocycles. The van der Waals surface area contributed by atoms with Gasteiger partial charge in [-0.15, -0.1) is 0 Å². The van der Waals surface area contributed by atoms with Crippen molar-refractivity contribution in [2.75, 3.05) is 6.54 Å². The van der Waals surface area contributed by atoms with Crippen molar-refractivity contribution >= 4 is 5.91 Å². The number of alkyl halides is 3. The molecule has 1 aromatic heterocycles. The minimum atomic E-state index is -4.45. The van der Waals surface area contributed by atoms with E-state index in [2.05, 4.69) is 0 Å². The van der Waals surface area contributed by atoms with E-state index in [1.165, 1.54) is 35.6 Å². The number of amides is 1. The van der Waals surface area contributed by atoms with Crippen LogP contribution in [-0.4, -0.2) is 28.6 Å². The van der Waals surface area contributed by atoms with Gasteiger partial charge >= 0.3 is 6.18 Å². The Morgan fingerprint density at radius 1 is 1.30 bits per heavy atom. The van der Waals surface area contributed by atoms with Gasteiger partial charge in [0.05, 0.1) is 29.5 Å². The van der Waals surface area contributed by atoms with Crippen LogP contribution in [0.1, 0.15) is 33.9 Å². The van der Waals surface area contributed by atoms with Gasteiger partial charge in [-0.2, -0.15) is 13.2 Å². The van der Waals surface area contributed by atoms with Crippen molar-refractivity contribution in [1.29, 1.82) is 0 Å². The maximum absolute atomic E-state index is 12.9. The van der Waals surface area contributed by atoms with E-state index in [0.717, 1.165) is 12.1 Å². The summed E-state index contributed by atoms with van der Waals surface area (Å²) in [5.41, 5.74) is -0.114. The van der Waals surface area contributed by atoms with E-state index in [-0.39, 0.29) is 18.9 Å². The summed E-state index contributed by atoms with van der Waals surface area (Å²) in [6.45, 7) is 0.0743. The third-order valence-corrected chi connectivity index (χ3v) is 3.91. The Morgan fingerprint density at radius 2 is 2.09 bits per heavy atom. The van der Waals surface area contributed by atoms with Crippen LogP contribution in [0.5, 0.6) is 0 Å². The van der Waals surface area contributed by atoms with Gasteiger partial charge in [0.2, 0.25) is 0 Å². The first kappa shape index (κ1) is 15.6. The molecule has 1 fully saturated rings. The monoisotopic (exact) mass is 325 g/mol. The average Bonchev–Trinajstić information content (AvgIpc) is 3.15. The van der Waals surface area contributed by atoms with Crippen molar-refractivity contribution in [2.45, 2.75) is 24.7 Å². The molecule has 122 valence electrons. The average molecular weight is 325 g/mol. The molecule has 0 saturated carbocycles. The van der Waals surface area contributed by atoms with Crippen LogP contribution in [0.4, 0.5) is 13.2 Å². The lowest BCUT2D eigenvalue weighted by molar-refractivity contribution is -0.137. The Hall–Kier alpha value is -2.28. The predicted octanol–water partition coefficient (Wildman–Crippen LogP) is 3.25.